The first-order chi connectivity index (χ1) is 7.36. The molecule has 1 aliphatic rings. The van der Waals surface area contributed by atoms with E-state index < -0.39 is 0 Å². The Balaban J connectivity index is 1.76. The Kier molecular flexibility index (Phi) is 3.17. The van der Waals surface area contributed by atoms with Crippen molar-refractivity contribution in [2.45, 2.75) is 6.42 Å². The number of likely N-dealkylation sites (N-methyl/N-ethyl adjacent to an activating group) is 1. The largest absolute Gasteiger partial charge is 0.356 e. The molecule has 1 aliphatic heterocycles. The molecule has 4 nitrogen and oxygen atoms in total. The van der Waals surface area contributed by atoms with Crippen molar-refractivity contribution in [1.29, 1.82) is 0 Å². The van der Waals surface area contributed by atoms with Gasteiger partial charge >= 0.3 is 0 Å². The lowest BCUT2D eigenvalue weighted by atomic mass is 10.2. The standard InChI is InChI=1S/C11H16N4/c1-15-8-7-14-11(15)13-6-4-10-3-2-5-12-9-10/h2-3,5,9H,4,6-8H2,1H3,(H,13,14). The van der Waals surface area contributed by atoms with Crippen molar-refractivity contribution in [3.8, 4) is 0 Å². The quantitative estimate of drug-likeness (QED) is 0.780. The number of nitrogens with one attached hydrogen (secondary N) is 1. The molecule has 0 saturated carbocycles. The molecule has 0 aromatic carbocycles. The highest BCUT2D eigenvalue weighted by atomic mass is 15.3. The second-order valence-corrected chi connectivity index (χ2v) is 3.66. The van der Waals surface area contributed by atoms with Gasteiger partial charge in [-0.15, -0.1) is 0 Å². The van der Waals surface area contributed by atoms with Gasteiger partial charge in [-0.05, 0) is 18.1 Å². The number of hydrogen-bond donors (Lipinski definition) is 1. The fraction of sp³-hybridized carbons (Fsp3) is 0.455. The van der Waals surface area contributed by atoms with Crippen LogP contribution >= 0.6 is 0 Å². The summed E-state index contributed by atoms with van der Waals surface area (Å²) in [6.07, 6.45) is 4.69. The topological polar surface area (TPSA) is 40.5 Å². The smallest absolute Gasteiger partial charge is 0.193 e. The van der Waals surface area contributed by atoms with E-state index in [1.807, 2.05) is 12.3 Å². The second kappa shape index (κ2) is 4.77. The lowest BCUT2D eigenvalue weighted by Gasteiger charge is -2.14. The van der Waals surface area contributed by atoms with Gasteiger partial charge in [-0.1, -0.05) is 6.07 Å². The summed E-state index contributed by atoms with van der Waals surface area (Å²) in [6, 6.07) is 4.06. The average molecular weight is 204 g/mol. The summed E-state index contributed by atoms with van der Waals surface area (Å²) in [5.74, 6) is 1.01. The van der Waals surface area contributed by atoms with Crippen molar-refractivity contribution >= 4 is 5.96 Å². The van der Waals surface area contributed by atoms with Gasteiger partial charge in [0.2, 0.25) is 0 Å². The lowest BCUT2D eigenvalue weighted by Crippen LogP contribution is -2.36. The van der Waals surface area contributed by atoms with E-state index in [-0.39, 0.29) is 0 Å². The molecule has 0 amide bonds. The lowest BCUT2D eigenvalue weighted by molar-refractivity contribution is 0.534. The van der Waals surface area contributed by atoms with E-state index in [9.17, 15) is 0 Å². The van der Waals surface area contributed by atoms with Crippen molar-refractivity contribution in [3.05, 3.63) is 30.1 Å². The molecule has 2 heterocycles. The van der Waals surface area contributed by atoms with Crippen LogP contribution in [0.1, 0.15) is 5.56 Å². The van der Waals surface area contributed by atoms with E-state index in [1.54, 1.807) is 6.20 Å². The van der Waals surface area contributed by atoms with E-state index in [0.29, 0.717) is 0 Å². The van der Waals surface area contributed by atoms with Crippen molar-refractivity contribution in [1.82, 2.24) is 15.2 Å². The molecular weight excluding hydrogens is 188 g/mol. The number of aliphatic imine (C=N–C) groups is 1. The van der Waals surface area contributed by atoms with Crippen LogP contribution < -0.4 is 5.32 Å². The highest BCUT2D eigenvalue weighted by Gasteiger charge is 2.10. The first-order valence-electron chi connectivity index (χ1n) is 5.24. The Bertz CT molecular complexity index is 334. The third kappa shape index (κ3) is 2.68. The Labute approximate surface area is 90.0 Å². The zero-order chi connectivity index (χ0) is 10.5. The van der Waals surface area contributed by atoms with Gasteiger partial charge in [0.05, 0.1) is 6.54 Å². The molecule has 0 atom stereocenters. The third-order valence-corrected chi connectivity index (χ3v) is 2.48. The van der Waals surface area contributed by atoms with Crippen molar-refractivity contribution in [3.63, 3.8) is 0 Å². The van der Waals surface area contributed by atoms with E-state index >= 15 is 0 Å². The zero-order valence-corrected chi connectivity index (χ0v) is 8.98. The maximum Gasteiger partial charge on any atom is 0.193 e. The molecule has 4 heteroatoms. The fourth-order valence-corrected chi connectivity index (χ4v) is 1.59. The molecule has 15 heavy (non-hydrogen) atoms. The Hall–Kier alpha value is -1.58. The van der Waals surface area contributed by atoms with Gasteiger partial charge < -0.3 is 10.2 Å². The highest BCUT2D eigenvalue weighted by Crippen LogP contribution is 1.97. The molecule has 1 aromatic rings. The summed E-state index contributed by atoms with van der Waals surface area (Å²) in [6.45, 7) is 2.84. The molecule has 0 unspecified atom stereocenters. The molecule has 1 N–H and O–H groups in total. The number of nitrogens with zero attached hydrogens (tertiary/aromatic N) is 3. The molecule has 0 aliphatic carbocycles. The molecule has 0 bridgehead atoms. The second-order valence-electron chi connectivity index (χ2n) is 3.66. The van der Waals surface area contributed by atoms with Crippen molar-refractivity contribution < 1.29 is 0 Å². The first-order valence-corrected chi connectivity index (χ1v) is 5.24. The summed E-state index contributed by atoms with van der Waals surface area (Å²) in [5.41, 5.74) is 1.26. The minimum Gasteiger partial charge on any atom is -0.356 e. The van der Waals surface area contributed by atoms with E-state index in [0.717, 1.165) is 32.0 Å². The van der Waals surface area contributed by atoms with Crippen LogP contribution in [0.3, 0.4) is 0 Å². The Morgan fingerprint density at radius 3 is 3.13 bits per heavy atom. The summed E-state index contributed by atoms with van der Waals surface area (Å²) in [4.78, 5) is 10.6. The molecule has 2 rings (SSSR count). The molecule has 0 fully saturated rings. The maximum atomic E-state index is 4.36. The number of aromatic nitrogens is 1. The van der Waals surface area contributed by atoms with Crippen LogP contribution in [-0.4, -0.2) is 42.5 Å². The van der Waals surface area contributed by atoms with Gasteiger partial charge in [-0.3, -0.25) is 9.98 Å². The van der Waals surface area contributed by atoms with Gasteiger partial charge in [-0.25, -0.2) is 0 Å². The predicted octanol–water partition coefficient (Wildman–Crippen LogP) is 0.515. The van der Waals surface area contributed by atoms with Gasteiger partial charge in [0.25, 0.3) is 0 Å². The predicted molar refractivity (Wildman–Crippen MR) is 60.9 cm³/mol. The normalized spacial score (nSPS) is 15.3. The average Bonchev–Trinajstić information content (AvgIpc) is 2.66. The number of rotatable bonds is 3. The SMILES string of the molecule is CN1CCN=C1NCCc1cccnc1. The van der Waals surface area contributed by atoms with Gasteiger partial charge in [0.15, 0.2) is 5.96 Å². The Morgan fingerprint density at radius 1 is 1.53 bits per heavy atom. The number of guanidine groups is 1. The highest BCUT2D eigenvalue weighted by molar-refractivity contribution is 5.81. The third-order valence-electron chi connectivity index (χ3n) is 2.48. The van der Waals surface area contributed by atoms with Gasteiger partial charge in [-0.2, -0.15) is 0 Å². The summed E-state index contributed by atoms with van der Waals surface area (Å²) < 4.78 is 0. The molecule has 80 valence electrons. The first kappa shape index (κ1) is 9.96. The minimum atomic E-state index is 0.908. The van der Waals surface area contributed by atoms with E-state index in [2.05, 4.69) is 33.3 Å². The fourth-order valence-electron chi connectivity index (χ4n) is 1.59. The van der Waals surface area contributed by atoms with Crippen LogP contribution in [0.25, 0.3) is 0 Å². The number of pyridine rings is 1. The minimum absolute atomic E-state index is 0.908. The maximum absolute atomic E-state index is 4.36. The summed E-state index contributed by atoms with van der Waals surface area (Å²) in [7, 11) is 2.06. The van der Waals surface area contributed by atoms with Crippen molar-refractivity contribution in [2.24, 2.45) is 4.99 Å². The Morgan fingerprint density at radius 2 is 2.47 bits per heavy atom. The summed E-state index contributed by atoms with van der Waals surface area (Å²) >= 11 is 0. The van der Waals surface area contributed by atoms with Crippen LogP contribution in [-0.2, 0) is 6.42 Å². The summed E-state index contributed by atoms with van der Waals surface area (Å²) in [5, 5.41) is 3.33. The van der Waals surface area contributed by atoms with Crippen LogP contribution in [0.15, 0.2) is 29.5 Å². The molecule has 1 aromatic heterocycles. The monoisotopic (exact) mass is 204 g/mol. The zero-order valence-electron chi connectivity index (χ0n) is 8.98. The molecular formula is C11H16N4. The molecule has 0 spiro atoms. The van der Waals surface area contributed by atoms with Crippen LogP contribution in [0.2, 0.25) is 0 Å². The number of hydrogen-bond acceptors (Lipinski definition) is 4. The van der Waals surface area contributed by atoms with Crippen LogP contribution in [0.4, 0.5) is 0 Å². The van der Waals surface area contributed by atoms with Crippen LogP contribution in [0.5, 0.6) is 0 Å². The van der Waals surface area contributed by atoms with E-state index in [1.165, 1.54) is 5.56 Å². The van der Waals surface area contributed by atoms with Gasteiger partial charge in [0, 0.05) is 32.5 Å². The van der Waals surface area contributed by atoms with Crippen LogP contribution in [0, 0.1) is 0 Å². The molecule has 0 saturated heterocycles. The molecule has 0 radical (unpaired) electrons. The van der Waals surface area contributed by atoms with Gasteiger partial charge in [0.1, 0.15) is 0 Å². The van der Waals surface area contributed by atoms with Crippen molar-refractivity contribution in [2.75, 3.05) is 26.7 Å². The van der Waals surface area contributed by atoms with E-state index in [4.69, 9.17) is 0 Å².